The third kappa shape index (κ3) is 5.81. The molecule has 2 aromatic rings. The SMILES string of the molecule is Cc1c(OCC2CCCO2)ccc([C@@H](C)N2CCN(C(=O)c3ccc(C(F)(F)F)cc3)CC2)c1C. The van der Waals surface area contributed by atoms with Crippen molar-refractivity contribution in [1.29, 1.82) is 0 Å². The molecule has 0 radical (unpaired) electrons. The fourth-order valence-electron chi connectivity index (χ4n) is 4.88. The number of benzene rings is 2. The van der Waals surface area contributed by atoms with E-state index in [1.807, 2.05) is 6.07 Å². The van der Waals surface area contributed by atoms with E-state index in [1.54, 1.807) is 4.90 Å². The minimum absolute atomic E-state index is 0.171. The van der Waals surface area contributed by atoms with Crippen LogP contribution in [0.2, 0.25) is 0 Å². The standard InChI is InChI=1S/C27H33F3N2O3/c1-18-19(2)25(35-17-23-5-4-16-34-23)11-10-24(18)20(3)31-12-14-32(15-13-31)26(33)21-6-8-22(9-7-21)27(28,29)30/h6-11,20,23H,4-5,12-17H2,1-3H3/t20-,23?/m1/s1. The van der Waals surface area contributed by atoms with E-state index in [-0.39, 0.29) is 23.6 Å². The summed E-state index contributed by atoms with van der Waals surface area (Å²) in [6, 6.07) is 8.77. The molecule has 2 aliphatic rings. The highest BCUT2D eigenvalue weighted by molar-refractivity contribution is 5.94. The smallest absolute Gasteiger partial charge is 0.416 e. The Morgan fingerprint density at radius 1 is 1.06 bits per heavy atom. The molecule has 1 unspecified atom stereocenters. The zero-order valence-corrected chi connectivity index (χ0v) is 20.5. The van der Waals surface area contributed by atoms with Gasteiger partial charge in [0.2, 0.25) is 0 Å². The third-order valence-corrected chi connectivity index (χ3v) is 7.29. The summed E-state index contributed by atoms with van der Waals surface area (Å²) in [5, 5.41) is 0. The molecule has 5 nitrogen and oxygen atoms in total. The second-order valence-corrected chi connectivity index (χ2v) is 9.43. The Labute approximate surface area is 204 Å². The molecular formula is C27H33F3N2O3. The normalized spacial score (nSPS) is 20.2. The van der Waals surface area contributed by atoms with Gasteiger partial charge in [0.05, 0.1) is 11.7 Å². The lowest BCUT2D eigenvalue weighted by molar-refractivity contribution is -0.137. The number of piperazine rings is 1. The van der Waals surface area contributed by atoms with E-state index in [2.05, 4.69) is 31.7 Å². The summed E-state index contributed by atoms with van der Waals surface area (Å²) in [5.74, 6) is 0.659. The van der Waals surface area contributed by atoms with Crippen molar-refractivity contribution in [3.63, 3.8) is 0 Å². The molecule has 0 aliphatic carbocycles. The van der Waals surface area contributed by atoms with Crippen LogP contribution >= 0.6 is 0 Å². The zero-order chi connectivity index (χ0) is 25.2. The molecule has 0 aromatic heterocycles. The van der Waals surface area contributed by atoms with Crippen LogP contribution in [-0.2, 0) is 10.9 Å². The van der Waals surface area contributed by atoms with Gasteiger partial charge in [-0.15, -0.1) is 0 Å². The van der Waals surface area contributed by atoms with E-state index < -0.39 is 11.7 Å². The Morgan fingerprint density at radius 3 is 2.34 bits per heavy atom. The molecule has 4 rings (SSSR count). The Hall–Kier alpha value is -2.58. The van der Waals surface area contributed by atoms with Crippen molar-refractivity contribution < 1.29 is 27.4 Å². The first-order chi connectivity index (χ1) is 16.6. The van der Waals surface area contributed by atoms with Crippen molar-refractivity contribution in [1.82, 2.24) is 9.80 Å². The second-order valence-electron chi connectivity index (χ2n) is 9.43. The minimum atomic E-state index is -4.41. The average Bonchev–Trinajstić information content (AvgIpc) is 3.37. The highest BCUT2D eigenvalue weighted by Crippen LogP contribution is 2.32. The average molecular weight is 491 g/mol. The number of rotatable bonds is 6. The zero-order valence-electron chi connectivity index (χ0n) is 20.5. The van der Waals surface area contributed by atoms with E-state index >= 15 is 0 Å². The lowest BCUT2D eigenvalue weighted by Crippen LogP contribution is -2.49. The minimum Gasteiger partial charge on any atom is -0.491 e. The summed E-state index contributed by atoms with van der Waals surface area (Å²) in [6.07, 6.45) is -2.10. The molecule has 0 bridgehead atoms. The van der Waals surface area contributed by atoms with Crippen molar-refractivity contribution in [3.05, 3.63) is 64.2 Å². The lowest BCUT2D eigenvalue weighted by atomic mass is 9.96. The fourth-order valence-corrected chi connectivity index (χ4v) is 4.88. The van der Waals surface area contributed by atoms with Gasteiger partial charge in [-0.3, -0.25) is 9.69 Å². The number of halogens is 3. The summed E-state index contributed by atoms with van der Waals surface area (Å²) in [4.78, 5) is 16.9. The Kier molecular flexibility index (Phi) is 7.71. The maximum atomic E-state index is 12.8. The van der Waals surface area contributed by atoms with Crippen LogP contribution in [0.1, 0.15) is 58.4 Å². The van der Waals surface area contributed by atoms with E-state index in [0.29, 0.717) is 32.8 Å². The first-order valence-electron chi connectivity index (χ1n) is 12.2. The van der Waals surface area contributed by atoms with Crippen LogP contribution < -0.4 is 4.74 Å². The van der Waals surface area contributed by atoms with Crippen molar-refractivity contribution in [2.45, 2.75) is 51.9 Å². The van der Waals surface area contributed by atoms with Gasteiger partial charge < -0.3 is 14.4 Å². The molecule has 190 valence electrons. The number of alkyl halides is 3. The molecule has 8 heteroatoms. The van der Waals surface area contributed by atoms with Crippen LogP contribution in [0.5, 0.6) is 5.75 Å². The first kappa shape index (κ1) is 25.5. The number of carbonyl (C=O) groups is 1. The van der Waals surface area contributed by atoms with Crippen LogP contribution in [0.15, 0.2) is 36.4 Å². The summed E-state index contributed by atoms with van der Waals surface area (Å²) < 4.78 is 50.1. The second kappa shape index (κ2) is 10.6. The lowest BCUT2D eigenvalue weighted by Gasteiger charge is -2.39. The van der Waals surface area contributed by atoms with Gasteiger partial charge >= 0.3 is 6.18 Å². The summed E-state index contributed by atoms with van der Waals surface area (Å²) in [5.41, 5.74) is 3.09. The maximum Gasteiger partial charge on any atom is 0.416 e. The van der Waals surface area contributed by atoms with Gasteiger partial charge in [0.15, 0.2) is 0 Å². The van der Waals surface area contributed by atoms with Crippen molar-refractivity contribution in [2.24, 2.45) is 0 Å². The molecule has 2 saturated heterocycles. The molecule has 2 aromatic carbocycles. The van der Waals surface area contributed by atoms with Crippen molar-refractivity contribution >= 4 is 5.91 Å². The van der Waals surface area contributed by atoms with Crippen LogP contribution in [0.25, 0.3) is 0 Å². The molecular weight excluding hydrogens is 457 g/mol. The molecule has 0 spiro atoms. The molecule has 0 N–H and O–H groups in total. The first-order valence-corrected chi connectivity index (χ1v) is 12.2. The number of nitrogens with zero attached hydrogens (tertiary/aromatic N) is 2. The van der Waals surface area contributed by atoms with E-state index in [4.69, 9.17) is 9.47 Å². The number of amides is 1. The summed E-state index contributed by atoms with van der Waals surface area (Å²) >= 11 is 0. The van der Waals surface area contributed by atoms with Crippen molar-refractivity contribution in [2.75, 3.05) is 39.4 Å². The fraction of sp³-hybridized carbons (Fsp3) is 0.519. The monoisotopic (exact) mass is 490 g/mol. The number of carbonyl (C=O) groups excluding carboxylic acids is 1. The van der Waals surface area contributed by atoms with Crippen LogP contribution in [-0.4, -0.2) is 61.2 Å². The number of hydrogen-bond acceptors (Lipinski definition) is 4. The van der Waals surface area contributed by atoms with Gasteiger partial charge in [0.25, 0.3) is 5.91 Å². The highest BCUT2D eigenvalue weighted by atomic mass is 19.4. The van der Waals surface area contributed by atoms with Gasteiger partial charge in [-0.2, -0.15) is 13.2 Å². The van der Waals surface area contributed by atoms with E-state index in [9.17, 15) is 18.0 Å². The van der Waals surface area contributed by atoms with Crippen molar-refractivity contribution in [3.8, 4) is 5.75 Å². The molecule has 2 atom stereocenters. The van der Waals surface area contributed by atoms with Gasteiger partial charge in [-0.1, -0.05) is 6.07 Å². The van der Waals surface area contributed by atoms with Crippen LogP contribution in [0.4, 0.5) is 13.2 Å². The van der Waals surface area contributed by atoms with Gasteiger partial charge in [-0.25, -0.2) is 0 Å². The molecule has 2 fully saturated rings. The molecule has 0 saturated carbocycles. The van der Waals surface area contributed by atoms with Gasteiger partial charge in [-0.05, 0) is 80.6 Å². The number of hydrogen-bond donors (Lipinski definition) is 0. The Bertz CT molecular complexity index is 1030. The largest absolute Gasteiger partial charge is 0.491 e. The van der Waals surface area contributed by atoms with Crippen LogP contribution in [0.3, 0.4) is 0 Å². The molecule has 1 amide bonds. The highest BCUT2D eigenvalue weighted by Gasteiger charge is 2.31. The number of ether oxygens (including phenoxy) is 2. The Balaban J connectivity index is 1.35. The van der Waals surface area contributed by atoms with E-state index in [1.165, 1.54) is 23.3 Å². The maximum absolute atomic E-state index is 12.8. The van der Waals surface area contributed by atoms with Gasteiger partial charge in [0.1, 0.15) is 12.4 Å². The van der Waals surface area contributed by atoms with Crippen LogP contribution in [0, 0.1) is 13.8 Å². The molecule has 35 heavy (non-hydrogen) atoms. The predicted molar refractivity (Wildman–Crippen MR) is 128 cm³/mol. The van der Waals surface area contributed by atoms with Gasteiger partial charge in [0, 0.05) is 44.4 Å². The topological polar surface area (TPSA) is 42.0 Å². The quantitative estimate of drug-likeness (QED) is 0.544. The third-order valence-electron chi connectivity index (χ3n) is 7.29. The predicted octanol–water partition coefficient (Wildman–Crippen LogP) is 5.40. The summed E-state index contributed by atoms with van der Waals surface area (Å²) in [7, 11) is 0. The summed E-state index contributed by atoms with van der Waals surface area (Å²) in [6.45, 7) is 10.2. The molecule has 2 heterocycles. The van der Waals surface area contributed by atoms with E-state index in [0.717, 1.165) is 42.9 Å². The Morgan fingerprint density at radius 2 is 1.74 bits per heavy atom. The molecule has 2 aliphatic heterocycles.